The molecule has 0 aromatic carbocycles. The Balaban J connectivity index is 4.90. The molecule has 0 aliphatic rings. The summed E-state index contributed by atoms with van der Waals surface area (Å²) in [7, 11) is 0. The fourth-order valence-corrected chi connectivity index (χ4v) is 1.67. The van der Waals surface area contributed by atoms with E-state index in [0.29, 0.717) is 6.54 Å². The second kappa shape index (κ2) is 6.24. The summed E-state index contributed by atoms with van der Waals surface area (Å²) in [6.45, 7) is 13.4. The van der Waals surface area contributed by atoms with E-state index in [1.165, 1.54) is 0 Å². The number of amides is 2. The van der Waals surface area contributed by atoms with Gasteiger partial charge in [0.2, 0.25) is 0 Å². The van der Waals surface area contributed by atoms with E-state index >= 15 is 0 Å². The first-order valence-electron chi connectivity index (χ1n) is 6.50. The van der Waals surface area contributed by atoms with Crippen molar-refractivity contribution >= 4 is 6.03 Å². The van der Waals surface area contributed by atoms with Crippen LogP contribution in [0.2, 0.25) is 0 Å². The summed E-state index contributed by atoms with van der Waals surface area (Å²) in [5, 5.41) is 3.01. The zero-order valence-electron chi connectivity index (χ0n) is 12.3. The van der Waals surface area contributed by atoms with Gasteiger partial charge >= 0.3 is 6.03 Å². The first-order valence-corrected chi connectivity index (χ1v) is 6.50. The van der Waals surface area contributed by atoms with Crippen molar-refractivity contribution in [1.29, 1.82) is 0 Å². The van der Waals surface area contributed by atoms with Crippen LogP contribution in [0, 0.1) is 0 Å². The van der Waals surface area contributed by atoms with E-state index in [1.807, 2.05) is 32.6 Å². The minimum atomic E-state index is -0.259. The van der Waals surface area contributed by atoms with Crippen molar-refractivity contribution in [2.75, 3.05) is 13.1 Å². The minimum Gasteiger partial charge on any atom is -0.333 e. The molecular formula is C13H29N3O. The molecule has 0 aromatic heterocycles. The van der Waals surface area contributed by atoms with Gasteiger partial charge in [0.25, 0.3) is 0 Å². The molecule has 0 heterocycles. The van der Waals surface area contributed by atoms with Crippen molar-refractivity contribution in [2.45, 2.75) is 65.5 Å². The molecule has 0 aliphatic heterocycles. The first kappa shape index (κ1) is 16.2. The number of nitrogens with one attached hydrogen (secondary N) is 1. The summed E-state index contributed by atoms with van der Waals surface area (Å²) < 4.78 is 0. The topological polar surface area (TPSA) is 58.4 Å². The van der Waals surface area contributed by atoms with Crippen molar-refractivity contribution in [2.24, 2.45) is 5.73 Å². The lowest BCUT2D eigenvalue weighted by molar-refractivity contribution is 0.119. The summed E-state index contributed by atoms with van der Waals surface area (Å²) >= 11 is 0. The number of urea groups is 1. The molecule has 2 amide bonds. The van der Waals surface area contributed by atoms with Gasteiger partial charge in [0.1, 0.15) is 0 Å². The minimum absolute atomic E-state index is 0.0193. The fourth-order valence-electron chi connectivity index (χ4n) is 1.67. The van der Waals surface area contributed by atoms with Crippen LogP contribution < -0.4 is 11.1 Å². The Hall–Kier alpha value is -0.770. The van der Waals surface area contributed by atoms with Crippen LogP contribution in [0.1, 0.15) is 54.4 Å². The second-order valence-electron chi connectivity index (χ2n) is 5.89. The molecule has 0 aliphatic carbocycles. The number of hydrogen-bond donors (Lipinski definition) is 2. The summed E-state index contributed by atoms with van der Waals surface area (Å²) in [5.74, 6) is 0. The SMILES string of the molecule is CCCN(C(=O)NC(C)(C)C)C(C)(CC)CN. The molecule has 0 fully saturated rings. The van der Waals surface area contributed by atoms with Gasteiger partial charge < -0.3 is 16.0 Å². The van der Waals surface area contributed by atoms with E-state index in [1.54, 1.807) is 0 Å². The molecule has 0 saturated heterocycles. The van der Waals surface area contributed by atoms with Crippen molar-refractivity contribution < 1.29 is 4.79 Å². The summed E-state index contributed by atoms with van der Waals surface area (Å²) in [6.07, 6.45) is 1.80. The zero-order chi connectivity index (χ0) is 13.7. The van der Waals surface area contributed by atoms with Crippen LogP contribution in [-0.2, 0) is 0 Å². The number of carbonyl (C=O) groups is 1. The van der Waals surface area contributed by atoms with Crippen LogP contribution in [0.5, 0.6) is 0 Å². The summed E-state index contributed by atoms with van der Waals surface area (Å²) in [5.41, 5.74) is 5.35. The van der Waals surface area contributed by atoms with Crippen molar-refractivity contribution in [3.05, 3.63) is 0 Å². The van der Waals surface area contributed by atoms with Crippen LogP contribution in [0.25, 0.3) is 0 Å². The summed E-state index contributed by atoms with van der Waals surface area (Å²) in [6, 6.07) is -0.0193. The van der Waals surface area contributed by atoms with E-state index in [4.69, 9.17) is 5.73 Å². The predicted octanol–water partition coefficient (Wildman–Crippen LogP) is 2.33. The van der Waals surface area contributed by atoms with E-state index in [9.17, 15) is 4.79 Å². The molecule has 0 rings (SSSR count). The van der Waals surface area contributed by atoms with E-state index in [-0.39, 0.29) is 17.1 Å². The summed E-state index contributed by atoms with van der Waals surface area (Å²) in [4.78, 5) is 14.1. The number of rotatable bonds is 5. The molecule has 0 saturated carbocycles. The highest BCUT2D eigenvalue weighted by atomic mass is 16.2. The van der Waals surface area contributed by atoms with Crippen LogP contribution >= 0.6 is 0 Å². The molecule has 4 heteroatoms. The van der Waals surface area contributed by atoms with Crippen LogP contribution in [-0.4, -0.2) is 35.1 Å². The van der Waals surface area contributed by atoms with Gasteiger partial charge in [-0.1, -0.05) is 13.8 Å². The Morgan fingerprint density at radius 3 is 2.06 bits per heavy atom. The fraction of sp³-hybridized carbons (Fsp3) is 0.923. The lowest BCUT2D eigenvalue weighted by atomic mass is 9.96. The molecule has 0 radical (unpaired) electrons. The predicted molar refractivity (Wildman–Crippen MR) is 73.0 cm³/mol. The normalized spacial score (nSPS) is 15.2. The van der Waals surface area contributed by atoms with Gasteiger partial charge in [-0.25, -0.2) is 4.79 Å². The number of nitrogens with two attached hydrogens (primary N) is 1. The highest BCUT2D eigenvalue weighted by Gasteiger charge is 2.33. The van der Waals surface area contributed by atoms with Gasteiger partial charge in [-0.15, -0.1) is 0 Å². The lowest BCUT2D eigenvalue weighted by Crippen LogP contribution is -2.59. The maximum absolute atomic E-state index is 12.3. The van der Waals surface area contributed by atoms with Gasteiger partial charge in [0.05, 0.1) is 5.54 Å². The van der Waals surface area contributed by atoms with E-state index in [0.717, 1.165) is 19.4 Å². The Kier molecular flexibility index (Phi) is 5.96. The Morgan fingerprint density at radius 1 is 1.24 bits per heavy atom. The maximum Gasteiger partial charge on any atom is 0.318 e. The van der Waals surface area contributed by atoms with Gasteiger partial charge in [-0.05, 0) is 40.5 Å². The third-order valence-corrected chi connectivity index (χ3v) is 3.03. The Bertz CT molecular complexity index is 242. The molecule has 102 valence electrons. The monoisotopic (exact) mass is 243 g/mol. The Labute approximate surface area is 106 Å². The molecule has 1 unspecified atom stereocenters. The Morgan fingerprint density at radius 2 is 1.76 bits per heavy atom. The van der Waals surface area contributed by atoms with Gasteiger partial charge in [0, 0.05) is 18.6 Å². The third kappa shape index (κ3) is 4.94. The molecule has 1 atom stereocenters. The van der Waals surface area contributed by atoms with Gasteiger partial charge in [0.15, 0.2) is 0 Å². The number of carbonyl (C=O) groups excluding carboxylic acids is 1. The van der Waals surface area contributed by atoms with Crippen molar-refractivity contribution in [1.82, 2.24) is 10.2 Å². The number of nitrogens with zero attached hydrogens (tertiary/aromatic N) is 1. The van der Waals surface area contributed by atoms with Crippen LogP contribution in [0.15, 0.2) is 0 Å². The molecule has 0 bridgehead atoms. The van der Waals surface area contributed by atoms with Gasteiger partial charge in [-0.2, -0.15) is 0 Å². The quantitative estimate of drug-likeness (QED) is 0.778. The van der Waals surface area contributed by atoms with Crippen LogP contribution in [0.3, 0.4) is 0 Å². The molecule has 0 spiro atoms. The van der Waals surface area contributed by atoms with E-state index in [2.05, 4.69) is 19.2 Å². The average molecular weight is 243 g/mol. The van der Waals surface area contributed by atoms with E-state index < -0.39 is 0 Å². The molecule has 17 heavy (non-hydrogen) atoms. The van der Waals surface area contributed by atoms with Crippen LogP contribution in [0.4, 0.5) is 4.79 Å². The third-order valence-electron chi connectivity index (χ3n) is 3.03. The first-order chi connectivity index (χ1) is 7.70. The highest BCUT2D eigenvalue weighted by molar-refractivity contribution is 5.75. The maximum atomic E-state index is 12.3. The largest absolute Gasteiger partial charge is 0.333 e. The average Bonchev–Trinajstić information content (AvgIpc) is 2.22. The highest BCUT2D eigenvalue weighted by Crippen LogP contribution is 2.19. The molecule has 3 N–H and O–H groups in total. The van der Waals surface area contributed by atoms with Crippen molar-refractivity contribution in [3.8, 4) is 0 Å². The second-order valence-corrected chi connectivity index (χ2v) is 5.89. The standard InChI is InChI=1S/C13H29N3O/c1-7-9-16(13(6,8-2)10-14)11(17)15-12(3,4)5/h7-10,14H2,1-6H3,(H,15,17). The van der Waals surface area contributed by atoms with Gasteiger partial charge in [-0.3, -0.25) is 0 Å². The lowest BCUT2D eigenvalue weighted by Gasteiger charge is -2.41. The molecule has 4 nitrogen and oxygen atoms in total. The smallest absolute Gasteiger partial charge is 0.318 e. The number of hydrogen-bond acceptors (Lipinski definition) is 2. The molecular weight excluding hydrogens is 214 g/mol. The zero-order valence-corrected chi connectivity index (χ0v) is 12.3. The van der Waals surface area contributed by atoms with Crippen molar-refractivity contribution in [3.63, 3.8) is 0 Å². The molecule has 0 aromatic rings.